The minimum absolute atomic E-state index is 0.327. The molecule has 0 unspecified atom stereocenters. The van der Waals surface area contributed by atoms with E-state index in [1.165, 1.54) is 0 Å². The van der Waals surface area contributed by atoms with E-state index >= 15 is 0 Å². The van der Waals surface area contributed by atoms with Gasteiger partial charge in [-0.05, 0) is 24.3 Å². The van der Waals surface area contributed by atoms with Crippen LogP contribution in [0.2, 0.25) is 5.02 Å². The molecule has 0 aliphatic heterocycles. The first-order valence-electron chi connectivity index (χ1n) is 2.96. The van der Waals surface area contributed by atoms with Gasteiger partial charge in [-0.15, -0.1) is 0 Å². The van der Waals surface area contributed by atoms with Gasteiger partial charge in [0.2, 0.25) is 0 Å². The molecule has 1 rings (SSSR count). The van der Waals surface area contributed by atoms with Crippen LogP contribution in [-0.2, 0) is 0 Å². The molecule has 3 nitrogen and oxygen atoms in total. The van der Waals surface area contributed by atoms with Gasteiger partial charge in [-0.2, -0.15) is 0 Å². The van der Waals surface area contributed by atoms with Crippen molar-refractivity contribution in [2.45, 2.75) is 0 Å². The van der Waals surface area contributed by atoms with Crippen LogP contribution in [0.4, 0.5) is 0 Å². The van der Waals surface area contributed by atoms with Gasteiger partial charge >= 0.3 is 0 Å². The monoisotopic (exact) mass is 170 g/mol. The van der Waals surface area contributed by atoms with Crippen molar-refractivity contribution >= 4 is 17.6 Å². The van der Waals surface area contributed by atoms with E-state index in [1.807, 2.05) is 0 Å². The van der Waals surface area contributed by atoms with Crippen LogP contribution in [0, 0.1) is 5.41 Å². The number of halogens is 1. The highest BCUT2D eigenvalue weighted by molar-refractivity contribution is 6.30. The number of hydrogen-bond acceptors (Lipinski definition) is 2. The van der Waals surface area contributed by atoms with Crippen molar-refractivity contribution < 1.29 is 4.74 Å². The fraction of sp³-hybridized carbons (Fsp3) is 0. The summed E-state index contributed by atoms with van der Waals surface area (Å²) in [6.45, 7) is 0. The number of hydrogen-bond donors (Lipinski definition) is 2. The van der Waals surface area contributed by atoms with E-state index in [9.17, 15) is 0 Å². The fourth-order valence-electron chi connectivity index (χ4n) is 0.630. The maximum Gasteiger partial charge on any atom is 0.284 e. The van der Waals surface area contributed by atoms with Gasteiger partial charge in [-0.25, -0.2) is 0 Å². The Morgan fingerprint density at radius 3 is 2.36 bits per heavy atom. The molecule has 0 spiro atoms. The van der Waals surface area contributed by atoms with Crippen molar-refractivity contribution in [3.8, 4) is 5.75 Å². The van der Waals surface area contributed by atoms with E-state index in [2.05, 4.69) is 0 Å². The van der Waals surface area contributed by atoms with Crippen molar-refractivity contribution in [3.05, 3.63) is 29.3 Å². The summed E-state index contributed by atoms with van der Waals surface area (Å²) < 4.78 is 4.77. The molecule has 0 radical (unpaired) electrons. The lowest BCUT2D eigenvalue weighted by Gasteiger charge is -2.00. The zero-order valence-electron chi connectivity index (χ0n) is 5.67. The number of amidine groups is 1. The molecular weight excluding hydrogens is 164 g/mol. The van der Waals surface area contributed by atoms with Crippen molar-refractivity contribution in [2.24, 2.45) is 5.73 Å². The molecule has 0 saturated carbocycles. The highest BCUT2D eigenvalue weighted by Gasteiger charge is 1.93. The summed E-state index contributed by atoms with van der Waals surface area (Å²) in [4.78, 5) is 0. The van der Waals surface area contributed by atoms with Crippen LogP contribution >= 0.6 is 11.6 Å². The summed E-state index contributed by atoms with van der Waals surface area (Å²) in [7, 11) is 0. The van der Waals surface area contributed by atoms with Crippen LogP contribution in [0.15, 0.2) is 24.3 Å². The quantitative estimate of drug-likeness (QED) is 0.497. The van der Waals surface area contributed by atoms with Gasteiger partial charge in [-0.1, -0.05) is 11.6 Å². The van der Waals surface area contributed by atoms with Crippen LogP contribution in [0.5, 0.6) is 5.75 Å². The summed E-state index contributed by atoms with van der Waals surface area (Å²) in [5.41, 5.74) is 4.99. The average Bonchev–Trinajstić information content (AvgIpc) is 1.93. The third kappa shape index (κ3) is 2.47. The molecule has 0 aliphatic carbocycles. The smallest absolute Gasteiger partial charge is 0.284 e. The molecule has 58 valence electrons. The Morgan fingerprint density at radius 2 is 1.91 bits per heavy atom. The number of nitrogens with one attached hydrogen (secondary N) is 1. The Kier molecular flexibility index (Phi) is 2.33. The maximum atomic E-state index is 6.81. The topological polar surface area (TPSA) is 59.1 Å². The lowest BCUT2D eigenvalue weighted by atomic mass is 10.3. The molecular formula is C7H7ClN2O. The highest BCUT2D eigenvalue weighted by atomic mass is 35.5. The van der Waals surface area contributed by atoms with E-state index in [-0.39, 0.29) is 6.02 Å². The van der Waals surface area contributed by atoms with Gasteiger partial charge in [0.15, 0.2) is 0 Å². The Balaban J connectivity index is 2.74. The second kappa shape index (κ2) is 3.25. The molecule has 0 saturated heterocycles. The molecule has 0 atom stereocenters. The second-order valence-corrected chi connectivity index (χ2v) is 2.36. The number of ether oxygens (including phenoxy) is 1. The molecule has 11 heavy (non-hydrogen) atoms. The van der Waals surface area contributed by atoms with Gasteiger partial charge in [0, 0.05) is 5.02 Å². The van der Waals surface area contributed by atoms with Gasteiger partial charge in [0.05, 0.1) is 0 Å². The van der Waals surface area contributed by atoms with Gasteiger partial charge in [0.1, 0.15) is 5.75 Å². The standard InChI is InChI=1S/C7H7ClN2O/c8-5-1-3-6(4-2-5)11-7(9)10/h1-4H,(H3,9,10). The van der Waals surface area contributed by atoms with Gasteiger partial charge < -0.3 is 10.5 Å². The minimum Gasteiger partial charge on any atom is -0.426 e. The van der Waals surface area contributed by atoms with Crippen molar-refractivity contribution in [1.29, 1.82) is 5.41 Å². The summed E-state index contributed by atoms with van der Waals surface area (Å²) in [5, 5.41) is 7.43. The number of benzene rings is 1. The summed E-state index contributed by atoms with van der Waals surface area (Å²) in [6, 6.07) is 6.29. The zero-order valence-corrected chi connectivity index (χ0v) is 6.43. The Morgan fingerprint density at radius 1 is 1.36 bits per heavy atom. The molecule has 4 heteroatoms. The summed E-state index contributed by atoms with van der Waals surface area (Å²) >= 11 is 5.61. The predicted octanol–water partition coefficient (Wildman–Crippen LogP) is 1.61. The zero-order chi connectivity index (χ0) is 8.27. The van der Waals surface area contributed by atoms with E-state index in [0.717, 1.165) is 0 Å². The van der Waals surface area contributed by atoms with E-state index < -0.39 is 0 Å². The van der Waals surface area contributed by atoms with Crippen LogP contribution in [0.1, 0.15) is 0 Å². The lowest BCUT2D eigenvalue weighted by Crippen LogP contribution is -2.17. The molecule has 0 aromatic heterocycles. The first-order valence-corrected chi connectivity index (χ1v) is 3.34. The third-order valence-corrected chi connectivity index (χ3v) is 1.29. The van der Waals surface area contributed by atoms with Crippen molar-refractivity contribution in [1.82, 2.24) is 0 Å². The van der Waals surface area contributed by atoms with Gasteiger partial charge in [-0.3, -0.25) is 5.41 Å². The Bertz CT molecular complexity index is 258. The number of rotatable bonds is 1. The van der Waals surface area contributed by atoms with Crippen LogP contribution in [-0.4, -0.2) is 6.02 Å². The molecule has 1 aromatic rings. The Labute approximate surface area is 69.2 Å². The molecule has 0 fully saturated rings. The lowest BCUT2D eigenvalue weighted by molar-refractivity contribution is 0.537. The second-order valence-electron chi connectivity index (χ2n) is 1.92. The fourth-order valence-corrected chi connectivity index (χ4v) is 0.756. The molecule has 0 amide bonds. The van der Waals surface area contributed by atoms with Crippen LogP contribution in [0.3, 0.4) is 0 Å². The molecule has 0 heterocycles. The first kappa shape index (κ1) is 7.88. The van der Waals surface area contributed by atoms with Crippen molar-refractivity contribution in [2.75, 3.05) is 0 Å². The molecule has 3 N–H and O–H groups in total. The highest BCUT2D eigenvalue weighted by Crippen LogP contribution is 2.14. The SMILES string of the molecule is N=C(N)Oc1ccc(Cl)cc1. The molecule has 0 aliphatic rings. The molecule has 0 bridgehead atoms. The maximum absolute atomic E-state index is 6.81. The molecule has 1 aromatic carbocycles. The van der Waals surface area contributed by atoms with Crippen LogP contribution in [0.25, 0.3) is 0 Å². The van der Waals surface area contributed by atoms with Crippen LogP contribution < -0.4 is 10.5 Å². The Hall–Kier alpha value is -1.22. The summed E-state index contributed by atoms with van der Waals surface area (Å²) in [5.74, 6) is 0.516. The third-order valence-electron chi connectivity index (χ3n) is 1.04. The summed E-state index contributed by atoms with van der Waals surface area (Å²) in [6.07, 6.45) is 0. The van der Waals surface area contributed by atoms with Crippen molar-refractivity contribution in [3.63, 3.8) is 0 Å². The minimum atomic E-state index is -0.327. The first-order chi connectivity index (χ1) is 5.18. The van der Waals surface area contributed by atoms with Gasteiger partial charge in [0.25, 0.3) is 6.02 Å². The van der Waals surface area contributed by atoms with E-state index in [1.54, 1.807) is 24.3 Å². The van der Waals surface area contributed by atoms with E-state index in [0.29, 0.717) is 10.8 Å². The number of nitrogens with two attached hydrogens (primary N) is 1. The normalized spacial score (nSPS) is 9.18. The largest absolute Gasteiger partial charge is 0.426 e. The average molecular weight is 171 g/mol. The predicted molar refractivity (Wildman–Crippen MR) is 44.0 cm³/mol. The van der Waals surface area contributed by atoms with E-state index in [4.69, 9.17) is 27.5 Å².